The number of aromatic hydroxyl groups is 1. The number of phenols is 1. The summed E-state index contributed by atoms with van der Waals surface area (Å²) in [4.78, 5) is 1.21. The quantitative estimate of drug-likeness (QED) is 0.290. The molecule has 0 fully saturated rings. The molecule has 1 aromatic heterocycles. The van der Waals surface area contributed by atoms with Crippen LogP contribution in [-0.4, -0.2) is 19.3 Å². The Hall–Kier alpha value is -3.76. The maximum Gasteiger partial charge on any atom is 0.120 e. The SMILES string of the molecule is COc1ccc(-c2sc3cc(OC)ccc3c2C(c2ccccc2)c2ccc(O)cc2)cc1. The number of methoxy groups -OCH3 is 2. The second-order valence-corrected chi connectivity index (χ2v) is 8.92. The molecule has 0 radical (unpaired) electrons. The van der Waals surface area contributed by atoms with Crippen molar-refractivity contribution in [2.24, 2.45) is 0 Å². The van der Waals surface area contributed by atoms with Crippen LogP contribution in [0.4, 0.5) is 0 Å². The van der Waals surface area contributed by atoms with Crippen molar-refractivity contribution in [3.05, 3.63) is 114 Å². The molecule has 0 aliphatic carbocycles. The maximum atomic E-state index is 9.93. The molecular formula is C29H24O3S. The Morgan fingerprint density at radius 1 is 0.697 bits per heavy atom. The molecule has 0 saturated heterocycles. The molecule has 0 aliphatic heterocycles. The molecule has 4 heteroatoms. The third kappa shape index (κ3) is 4.06. The van der Waals surface area contributed by atoms with Crippen LogP contribution in [0.1, 0.15) is 22.6 Å². The lowest BCUT2D eigenvalue weighted by atomic mass is 9.82. The molecule has 164 valence electrons. The van der Waals surface area contributed by atoms with Gasteiger partial charge in [0.25, 0.3) is 0 Å². The van der Waals surface area contributed by atoms with Gasteiger partial charge in [-0.25, -0.2) is 0 Å². The zero-order valence-corrected chi connectivity index (χ0v) is 19.3. The van der Waals surface area contributed by atoms with Crippen molar-refractivity contribution in [1.82, 2.24) is 0 Å². The highest BCUT2D eigenvalue weighted by molar-refractivity contribution is 7.22. The fraction of sp³-hybridized carbons (Fsp3) is 0.103. The van der Waals surface area contributed by atoms with E-state index in [1.165, 1.54) is 26.1 Å². The van der Waals surface area contributed by atoms with E-state index in [4.69, 9.17) is 9.47 Å². The lowest BCUT2D eigenvalue weighted by Crippen LogP contribution is -2.04. The minimum absolute atomic E-state index is 0.00560. The van der Waals surface area contributed by atoms with Gasteiger partial charge in [-0.2, -0.15) is 0 Å². The Morgan fingerprint density at radius 2 is 1.33 bits per heavy atom. The summed E-state index contributed by atoms with van der Waals surface area (Å²) in [5.41, 5.74) is 4.73. The van der Waals surface area contributed by atoms with Crippen molar-refractivity contribution in [2.45, 2.75) is 5.92 Å². The topological polar surface area (TPSA) is 38.7 Å². The molecule has 1 N–H and O–H groups in total. The Morgan fingerprint density at radius 3 is 2.00 bits per heavy atom. The van der Waals surface area contributed by atoms with E-state index in [1.807, 2.05) is 36.4 Å². The van der Waals surface area contributed by atoms with Gasteiger partial charge in [-0.15, -0.1) is 11.3 Å². The first kappa shape index (κ1) is 21.1. The number of rotatable bonds is 6. The molecule has 0 saturated carbocycles. The van der Waals surface area contributed by atoms with Crippen LogP contribution in [0.15, 0.2) is 97.1 Å². The van der Waals surface area contributed by atoms with E-state index in [0.717, 1.165) is 22.6 Å². The molecule has 0 aliphatic rings. The second kappa shape index (κ2) is 9.00. The van der Waals surface area contributed by atoms with Crippen LogP contribution in [0, 0.1) is 0 Å². The highest BCUT2D eigenvalue weighted by Gasteiger charge is 2.25. The van der Waals surface area contributed by atoms with Crippen LogP contribution >= 0.6 is 11.3 Å². The molecule has 5 rings (SSSR count). The molecule has 0 bridgehead atoms. The average molecular weight is 453 g/mol. The van der Waals surface area contributed by atoms with Gasteiger partial charge in [0, 0.05) is 15.5 Å². The van der Waals surface area contributed by atoms with Gasteiger partial charge >= 0.3 is 0 Å². The summed E-state index contributed by atoms with van der Waals surface area (Å²) in [5, 5.41) is 11.1. The summed E-state index contributed by atoms with van der Waals surface area (Å²) < 4.78 is 12.1. The molecule has 33 heavy (non-hydrogen) atoms. The third-order valence-corrected chi connectivity index (χ3v) is 7.15. The van der Waals surface area contributed by atoms with Crippen LogP contribution in [0.2, 0.25) is 0 Å². The molecule has 0 spiro atoms. The van der Waals surface area contributed by atoms with Crippen molar-refractivity contribution in [2.75, 3.05) is 14.2 Å². The van der Waals surface area contributed by atoms with E-state index in [2.05, 4.69) is 48.5 Å². The number of benzene rings is 4. The monoisotopic (exact) mass is 452 g/mol. The summed E-state index contributed by atoms with van der Waals surface area (Å²) in [7, 11) is 3.38. The third-order valence-electron chi connectivity index (χ3n) is 5.94. The molecule has 5 aromatic rings. The van der Waals surface area contributed by atoms with Crippen LogP contribution < -0.4 is 9.47 Å². The molecule has 1 unspecified atom stereocenters. The van der Waals surface area contributed by atoms with E-state index in [9.17, 15) is 5.11 Å². The van der Waals surface area contributed by atoms with Crippen molar-refractivity contribution in [1.29, 1.82) is 0 Å². The predicted octanol–water partition coefficient (Wildman–Crippen LogP) is 7.47. The average Bonchev–Trinajstić information content (AvgIpc) is 3.24. The van der Waals surface area contributed by atoms with E-state index in [1.54, 1.807) is 37.7 Å². The molecule has 0 amide bonds. The molecular weight excluding hydrogens is 428 g/mol. The minimum atomic E-state index is 0.00560. The fourth-order valence-electron chi connectivity index (χ4n) is 4.31. The number of hydrogen-bond acceptors (Lipinski definition) is 4. The van der Waals surface area contributed by atoms with Crippen LogP contribution in [0.5, 0.6) is 17.2 Å². The predicted molar refractivity (Wildman–Crippen MR) is 136 cm³/mol. The van der Waals surface area contributed by atoms with Crippen molar-refractivity contribution >= 4 is 21.4 Å². The highest BCUT2D eigenvalue weighted by atomic mass is 32.1. The van der Waals surface area contributed by atoms with Crippen LogP contribution in [0.3, 0.4) is 0 Å². The summed E-state index contributed by atoms with van der Waals surface area (Å²) in [6, 6.07) is 32.6. The largest absolute Gasteiger partial charge is 0.508 e. The number of fused-ring (bicyclic) bond motifs is 1. The summed E-state index contributed by atoms with van der Waals surface area (Å²) in [6.45, 7) is 0. The normalized spacial score (nSPS) is 11.9. The highest BCUT2D eigenvalue weighted by Crippen LogP contribution is 2.48. The smallest absolute Gasteiger partial charge is 0.120 e. The summed E-state index contributed by atoms with van der Waals surface area (Å²) >= 11 is 1.77. The van der Waals surface area contributed by atoms with Gasteiger partial charge in [-0.3, -0.25) is 0 Å². The maximum absolute atomic E-state index is 9.93. The van der Waals surface area contributed by atoms with Crippen molar-refractivity contribution in [3.8, 4) is 27.7 Å². The van der Waals surface area contributed by atoms with Crippen LogP contribution in [-0.2, 0) is 0 Å². The fourth-order valence-corrected chi connectivity index (χ4v) is 5.58. The summed E-state index contributed by atoms with van der Waals surface area (Å²) in [6.07, 6.45) is 0. The number of thiophene rings is 1. The molecule has 1 atom stereocenters. The lowest BCUT2D eigenvalue weighted by Gasteiger charge is -2.21. The first-order chi connectivity index (χ1) is 16.2. The Balaban J connectivity index is 1.81. The zero-order valence-electron chi connectivity index (χ0n) is 18.5. The molecule has 3 nitrogen and oxygen atoms in total. The lowest BCUT2D eigenvalue weighted by molar-refractivity contribution is 0.415. The standard InChI is InChI=1S/C29H24O3S/c1-31-23-14-10-21(11-15-23)29-28(25-17-16-24(32-2)18-26(25)33-29)27(19-6-4-3-5-7-19)20-8-12-22(30)13-9-20/h3-18,27,30H,1-2H3. The van der Waals surface area contributed by atoms with E-state index >= 15 is 0 Å². The number of ether oxygens (including phenoxy) is 2. The van der Waals surface area contributed by atoms with Crippen molar-refractivity contribution < 1.29 is 14.6 Å². The van der Waals surface area contributed by atoms with Gasteiger partial charge in [-0.1, -0.05) is 42.5 Å². The number of phenolic OH excluding ortho intramolecular Hbond substituents is 1. The van der Waals surface area contributed by atoms with E-state index in [-0.39, 0.29) is 11.7 Å². The minimum Gasteiger partial charge on any atom is -0.508 e. The zero-order chi connectivity index (χ0) is 22.8. The Bertz CT molecular complexity index is 1370. The van der Waals surface area contributed by atoms with Gasteiger partial charge < -0.3 is 14.6 Å². The molecule has 4 aromatic carbocycles. The van der Waals surface area contributed by atoms with E-state index < -0.39 is 0 Å². The summed E-state index contributed by atoms with van der Waals surface area (Å²) in [5.74, 6) is 1.95. The van der Waals surface area contributed by atoms with Gasteiger partial charge in [0.15, 0.2) is 0 Å². The van der Waals surface area contributed by atoms with Crippen molar-refractivity contribution in [3.63, 3.8) is 0 Å². The Kier molecular flexibility index (Phi) is 5.76. The number of hydrogen-bond donors (Lipinski definition) is 1. The second-order valence-electron chi connectivity index (χ2n) is 7.87. The first-order valence-corrected chi connectivity index (χ1v) is 11.6. The molecule has 1 heterocycles. The first-order valence-electron chi connectivity index (χ1n) is 10.8. The van der Waals surface area contributed by atoms with Gasteiger partial charge in [0.05, 0.1) is 14.2 Å². The van der Waals surface area contributed by atoms with Crippen LogP contribution in [0.25, 0.3) is 20.5 Å². The van der Waals surface area contributed by atoms with Gasteiger partial charge in [0.1, 0.15) is 17.2 Å². The van der Waals surface area contributed by atoms with E-state index in [0.29, 0.717) is 0 Å². The van der Waals surface area contributed by atoms with Gasteiger partial charge in [0.2, 0.25) is 0 Å². The van der Waals surface area contributed by atoms with Gasteiger partial charge in [-0.05, 0) is 82.2 Å². The Labute approximate surface area is 197 Å².